The van der Waals surface area contributed by atoms with Gasteiger partial charge in [-0.2, -0.15) is 0 Å². The normalized spacial score (nSPS) is 14.1. The molecule has 118 valence electrons. The van der Waals surface area contributed by atoms with Gasteiger partial charge < -0.3 is 10.6 Å². The summed E-state index contributed by atoms with van der Waals surface area (Å²) in [6.07, 6.45) is 0. The maximum atomic E-state index is 13.0. The van der Waals surface area contributed by atoms with Crippen molar-refractivity contribution in [3.63, 3.8) is 0 Å². The van der Waals surface area contributed by atoms with Gasteiger partial charge in [-0.1, -0.05) is 6.07 Å². The van der Waals surface area contributed by atoms with E-state index in [1.54, 1.807) is 13.1 Å². The van der Waals surface area contributed by atoms with E-state index in [0.717, 1.165) is 4.90 Å². The minimum absolute atomic E-state index is 0.0439. The van der Waals surface area contributed by atoms with Crippen LogP contribution in [-0.2, 0) is 9.59 Å². The predicted octanol–water partition coefficient (Wildman–Crippen LogP) is 0.248. The van der Waals surface area contributed by atoms with Gasteiger partial charge in [0.25, 0.3) is 0 Å². The zero-order chi connectivity index (χ0) is 16.1. The molecule has 0 atom stereocenters. The van der Waals surface area contributed by atoms with Crippen LogP contribution in [0.25, 0.3) is 0 Å². The van der Waals surface area contributed by atoms with E-state index in [4.69, 9.17) is 0 Å². The summed E-state index contributed by atoms with van der Waals surface area (Å²) in [6.45, 7) is 0.678. The molecule has 1 fully saturated rings. The molecule has 4 amide bonds. The molecule has 1 aromatic carbocycles. The third kappa shape index (κ3) is 4.26. The van der Waals surface area contributed by atoms with Crippen LogP contribution in [0, 0.1) is 5.82 Å². The van der Waals surface area contributed by atoms with Gasteiger partial charge in [-0.3, -0.25) is 19.4 Å². The van der Waals surface area contributed by atoms with E-state index in [2.05, 4.69) is 10.6 Å². The van der Waals surface area contributed by atoms with Crippen LogP contribution in [0.2, 0.25) is 0 Å². The number of carbonyl (C=O) groups excluding carboxylic acids is 3. The molecular formula is C14H17FN4O3. The van der Waals surface area contributed by atoms with Crippen LogP contribution in [0.4, 0.5) is 14.9 Å². The number of hydrogen-bond acceptors (Lipinski definition) is 4. The lowest BCUT2D eigenvalue weighted by Crippen LogP contribution is -2.42. The van der Waals surface area contributed by atoms with Crippen molar-refractivity contribution in [2.75, 3.05) is 38.5 Å². The number of anilines is 1. The molecule has 1 saturated heterocycles. The summed E-state index contributed by atoms with van der Waals surface area (Å²) in [5.74, 6) is -1.18. The molecule has 2 N–H and O–H groups in total. The second kappa shape index (κ2) is 6.99. The molecule has 7 nitrogen and oxygen atoms in total. The number of hydrogen-bond donors (Lipinski definition) is 2. The van der Waals surface area contributed by atoms with Crippen molar-refractivity contribution in [1.29, 1.82) is 0 Å². The summed E-state index contributed by atoms with van der Waals surface area (Å²) in [5.41, 5.74) is 0.351. The van der Waals surface area contributed by atoms with Crippen LogP contribution in [0.5, 0.6) is 0 Å². The lowest BCUT2D eigenvalue weighted by atomic mass is 10.3. The van der Waals surface area contributed by atoms with Gasteiger partial charge in [0.15, 0.2) is 0 Å². The number of nitrogens with zero attached hydrogens (tertiary/aromatic N) is 2. The Morgan fingerprint density at radius 2 is 2.18 bits per heavy atom. The fourth-order valence-electron chi connectivity index (χ4n) is 2.09. The van der Waals surface area contributed by atoms with Crippen molar-refractivity contribution in [1.82, 2.24) is 15.1 Å². The van der Waals surface area contributed by atoms with Crippen LogP contribution < -0.4 is 10.6 Å². The Morgan fingerprint density at radius 3 is 2.82 bits per heavy atom. The number of nitrogens with one attached hydrogen (secondary N) is 2. The molecule has 0 spiro atoms. The lowest BCUT2D eigenvalue weighted by molar-refractivity contribution is -0.128. The molecule has 1 aliphatic rings. The molecule has 0 unspecified atom stereocenters. The fourth-order valence-corrected chi connectivity index (χ4v) is 2.09. The minimum atomic E-state index is -0.443. The summed E-state index contributed by atoms with van der Waals surface area (Å²) in [7, 11) is 1.59. The molecule has 1 aliphatic heterocycles. The van der Waals surface area contributed by atoms with Gasteiger partial charge in [0, 0.05) is 18.8 Å². The van der Waals surface area contributed by atoms with E-state index in [1.165, 1.54) is 23.1 Å². The van der Waals surface area contributed by atoms with Crippen molar-refractivity contribution in [2.24, 2.45) is 0 Å². The number of benzene rings is 1. The highest BCUT2D eigenvalue weighted by molar-refractivity contribution is 5.97. The molecule has 2 rings (SSSR count). The second-order valence-electron chi connectivity index (χ2n) is 5.01. The van der Waals surface area contributed by atoms with Gasteiger partial charge in [0.05, 0.1) is 13.1 Å². The molecule has 8 heteroatoms. The lowest BCUT2D eigenvalue weighted by Gasteiger charge is -2.19. The van der Waals surface area contributed by atoms with E-state index in [0.29, 0.717) is 18.8 Å². The Morgan fingerprint density at radius 1 is 1.41 bits per heavy atom. The third-order valence-electron chi connectivity index (χ3n) is 3.08. The topological polar surface area (TPSA) is 81.8 Å². The standard InChI is InChI=1S/C14H17FN4O3/c1-18(9-13(21)19-6-5-16-14(19)22)8-12(20)17-11-4-2-3-10(15)7-11/h2-4,7H,5-6,8-9H2,1H3,(H,16,22)(H,17,20). The first-order valence-electron chi connectivity index (χ1n) is 6.78. The van der Waals surface area contributed by atoms with Crippen molar-refractivity contribution < 1.29 is 18.8 Å². The molecular weight excluding hydrogens is 291 g/mol. The monoisotopic (exact) mass is 308 g/mol. The van der Waals surface area contributed by atoms with E-state index in [9.17, 15) is 18.8 Å². The molecule has 0 bridgehead atoms. The number of imide groups is 1. The van der Waals surface area contributed by atoms with Gasteiger partial charge in [0.1, 0.15) is 5.82 Å². The summed E-state index contributed by atoms with van der Waals surface area (Å²) in [5, 5.41) is 5.08. The Labute approximate surface area is 127 Å². The molecule has 0 radical (unpaired) electrons. The maximum absolute atomic E-state index is 13.0. The first-order valence-corrected chi connectivity index (χ1v) is 6.78. The number of halogens is 1. The Bertz CT molecular complexity index is 593. The van der Waals surface area contributed by atoms with Gasteiger partial charge in [0.2, 0.25) is 11.8 Å². The third-order valence-corrected chi connectivity index (χ3v) is 3.08. The Hall–Kier alpha value is -2.48. The van der Waals surface area contributed by atoms with Gasteiger partial charge >= 0.3 is 6.03 Å². The van der Waals surface area contributed by atoms with Gasteiger partial charge in [-0.25, -0.2) is 9.18 Å². The van der Waals surface area contributed by atoms with E-state index in [-0.39, 0.29) is 24.9 Å². The maximum Gasteiger partial charge on any atom is 0.324 e. The van der Waals surface area contributed by atoms with Crippen LogP contribution in [0.3, 0.4) is 0 Å². The second-order valence-corrected chi connectivity index (χ2v) is 5.01. The highest BCUT2D eigenvalue weighted by Gasteiger charge is 2.26. The Balaban J connectivity index is 1.81. The van der Waals surface area contributed by atoms with Crippen molar-refractivity contribution in [3.05, 3.63) is 30.1 Å². The molecule has 0 saturated carbocycles. The average Bonchev–Trinajstić information content (AvgIpc) is 2.84. The van der Waals surface area contributed by atoms with Crippen LogP contribution in [0.1, 0.15) is 0 Å². The zero-order valence-corrected chi connectivity index (χ0v) is 12.1. The van der Waals surface area contributed by atoms with Crippen molar-refractivity contribution in [3.8, 4) is 0 Å². The van der Waals surface area contributed by atoms with E-state index < -0.39 is 11.8 Å². The number of likely N-dealkylation sites (N-methyl/N-ethyl adjacent to an activating group) is 1. The highest BCUT2D eigenvalue weighted by Crippen LogP contribution is 2.09. The highest BCUT2D eigenvalue weighted by atomic mass is 19.1. The van der Waals surface area contributed by atoms with E-state index >= 15 is 0 Å². The van der Waals surface area contributed by atoms with Gasteiger partial charge in [-0.15, -0.1) is 0 Å². The average molecular weight is 308 g/mol. The smallest absolute Gasteiger partial charge is 0.324 e. The molecule has 22 heavy (non-hydrogen) atoms. The summed E-state index contributed by atoms with van der Waals surface area (Å²) < 4.78 is 13.0. The minimum Gasteiger partial charge on any atom is -0.336 e. The molecule has 0 aromatic heterocycles. The predicted molar refractivity (Wildman–Crippen MR) is 77.6 cm³/mol. The van der Waals surface area contributed by atoms with Crippen LogP contribution >= 0.6 is 0 Å². The molecule has 1 aromatic rings. The van der Waals surface area contributed by atoms with Crippen molar-refractivity contribution in [2.45, 2.75) is 0 Å². The SMILES string of the molecule is CN(CC(=O)Nc1cccc(F)c1)CC(=O)N1CCNC1=O. The largest absolute Gasteiger partial charge is 0.336 e. The number of carbonyl (C=O) groups is 3. The fraction of sp³-hybridized carbons (Fsp3) is 0.357. The summed E-state index contributed by atoms with van der Waals surface area (Å²) in [4.78, 5) is 37.7. The molecule has 0 aliphatic carbocycles. The van der Waals surface area contributed by atoms with Crippen LogP contribution in [-0.4, -0.2) is 60.9 Å². The van der Waals surface area contributed by atoms with Crippen molar-refractivity contribution >= 4 is 23.5 Å². The summed E-state index contributed by atoms with van der Waals surface area (Å²) in [6, 6.07) is 5.13. The number of rotatable bonds is 5. The van der Waals surface area contributed by atoms with Crippen LogP contribution in [0.15, 0.2) is 24.3 Å². The first kappa shape index (κ1) is 15.9. The van der Waals surface area contributed by atoms with Gasteiger partial charge in [-0.05, 0) is 25.2 Å². The first-order chi connectivity index (χ1) is 10.5. The number of urea groups is 1. The number of amides is 4. The molecule has 1 heterocycles. The zero-order valence-electron chi connectivity index (χ0n) is 12.1. The summed E-state index contributed by atoms with van der Waals surface area (Å²) >= 11 is 0. The van der Waals surface area contributed by atoms with E-state index in [1.807, 2.05) is 0 Å². The quantitative estimate of drug-likeness (QED) is 0.817. The Kier molecular flexibility index (Phi) is 5.05.